The standard InChI is InChI=1S/C23H25FN4OS/c1-16(22(29)25-19-8-4-2-5-9-19)30-23-27-26-21(17-12-14-18(24)15-13-17)28(23)20-10-6-3-7-11-20/h3,6-7,10-16,19H,2,4-5,8-9H2,1H3,(H,25,29). The van der Waals surface area contributed by atoms with Crippen molar-refractivity contribution in [1.82, 2.24) is 20.1 Å². The highest BCUT2D eigenvalue weighted by molar-refractivity contribution is 8.00. The summed E-state index contributed by atoms with van der Waals surface area (Å²) in [5.41, 5.74) is 1.66. The van der Waals surface area contributed by atoms with Gasteiger partial charge in [0, 0.05) is 17.3 Å². The molecule has 1 N–H and O–H groups in total. The summed E-state index contributed by atoms with van der Waals surface area (Å²) < 4.78 is 15.3. The van der Waals surface area contributed by atoms with Gasteiger partial charge in [0.1, 0.15) is 5.82 Å². The Morgan fingerprint density at radius 2 is 1.77 bits per heavy atom. The molecule has 1 aromatic heterocycles. The number of nitrogens with one attached hydrogen (secondary N) is 1. The fourth-order valence-corrected chi connectivity index (χ4v) is 4.60. The van der Waals surface area contributed by atoms with Crippen molar-refractivity contribution in [2.45, 2.75) is 55.5 Å². The molecule has 1 heterocycles. The molecule has 1 aliphatic rings. The van der Waals surface area contributed by atoms with Gasteiger partial charge in [-0.3, -0.25) is 9.36 Å². The van der Waals surface area contributed by atoms with Crippen LogP contribution in [-0.2, 0) is 4.79 Å². The van der Waals surface area contributed by atoms with Crippen LogP contribution in [-0.4, -0.2) is 32.0 Å². The average Bonchev–Trinajstić information content (AvgIpc) is 3.19. The molecular weight excluding hydrogens is 399 g/mol. The van der Waals surface area contributed by atoms with Crippen molar-refractivity contribution >= 4 is 17.7 Å². The molecule has 1 aliphatic carbocycles. The minimum atomic E-state index is -0.306. The van der Waals surface area contributed by atoms with Crippen LogP contribution in [0.2, 0.25) is 0 Å². The van der Waals surface area contributed by atoms with Crippen molar-refractivity contribution in [3.8, 4) is 17.1 Å². The Hall–Kier alpha value is -2.67. The third-order valence-electron chi connectivity index (χ3n) is 5.35. The van der Waals surface area contributed by atoms with Crippen LogP contribution >= 0.6 is 11.8 Å². The third kappa shape index (κ3) is 4.73. The zero-order valence-electron chi connectivity index (χ0n) is 16.9. The fourth-order valence-electron chi connectivity index (χ4n) is 3.72. The van der Waals surface area contributed by atoms with Gasteiger partial charge in [-0.05, 0) is 56.2 Å². The average molecular weight is 425 g/mol. The second-order valence-electron chi connectivity index (χ2n) is 7.59. The largest absolute Gasteiger partial charge is 0.352 e. The maximum absolute atomic E-state index is 13.4. The number of rotatable bonds is 6. The predicted octanol–water partition coefficient (Wildman–Crippen LogP) is 5.00. The van der Waals surface area contributed by atoms with Crippen LogP contribution in [0.5, 0.6) is 0 Å². The van der Waals surface area contributed by atoms with Crippen molar-refractivity contribution in [3.05, 3.63) is 60.4 Å². The minimum absolute atomic E-state index is 0.0258. The molecule has 1 unspecified atom stereocenters. The highest BCUT2D eigenvalue weighted by Crippen LogP contribution is 2.30. The number of amides is 1. The molecule has 2 aromatic carbocycles. The molecule has 1 fully saturated rings. The van der Waals surface area contributed by atoms with Gasteiger partial charge in [-0.1, -0.05) is 49.2 Å². The summed E-state index contributed by atoms with van der Waals surface area (Å²) in [6.07, 6.45) is 5.71. The number of nitrogens with zero attached hydrogens (tertiary/aromatic N) is 3. The third-order valence-corrected chi connectivity index (χ3v) is 6.40. The Balaban J connectivity index is 1.59. The molecule has 0 aliphatic heterocycles. The fraction of sp³-hybridized carbons (Fsp3) is 0.348. The van der Waals surface area contributed by atoms with Crippen LogP contribution in [0.15, 0.2) is 59.8 Å². The maximum Gasteiger partial charge on any atom is 0.233 e. The van der Waals surface area contributed by atoms with Crippen molar-refractivity contribution in [3.63, 3.8) is 0 Å². The molecule has 1 atom stereocenters. The van der Waals surface area contributed by atoms with Gasteiger partial charge in [0.2, 0.25) is 5.91 Å². The van der Waals surface area contributed by atoms with E-state index >= 15 is 0 Å². The Labute approximate surface area is 180 Å². The Morgan fingerprint density at radius 1 is 1.07 bits per heavy atom. The van der Waals surface area contributed by atoms with E-state index in [1.54, 1.807) is 12.1 Å². The lowest BCUT2D eigenvalue weighted by atomic mass is 9.95. The summed E-state index contributed by atoms with van der Waals surface area (Å²) >= 11 is 1.38. The number of halogens is 1. The molecule has 3 aromatic rings. The molecule has 0 radical (unpaired) electrons. The Kier molecular flexibility index (Phi) is 6.47. The van der Waals surface area contributed by atoms with Crippen LogP contribution in [0.4, 0.5) is 4.39 Å². The SMILES string of the molecule is CC(Sc1nnc(-c2ccc(F)cc2)n1-c1ccccc1)C(=O)NC1CCCCC1. The zero-order chi connectivity index (χ0) is 20.9. The first-order chi connectivity index (χ1) is 14.6. The van der Waals surface area contributed by atoms with Gasteiger partial charge in [0.25, 0.3) is 0 Å². The lowest BCUT2D eigenvalue weighted by molar-refractivity contribution is -0.121. The number of thioether (sulfide) groups is 1. The lowest BCUT2D eigenvalue weighted by Gasteiger charge is -2.24. The molecule has 30 heavy (non-hydrogen) atoms. The number of carbonyl (C=O) groups excluding carboxylic acids is 1. The second kappa shape index (κ2) is 9.43. The quantitative estimate of drug-likeness (QED) is 0.566. The van der Waals surface area contributed by atoms with Gasteiger partial charge in [-0.25, -0.2) is 4.39 Å². The van der Waals surface area contributed by atoms with E-state index in [0.29, 0.717) is 11.0 Å². The smallest absolute Gasteiger partial charge is 0.233 e. The molecule has 4 rings (SSSR count). The van der Waals surface area contributed by atoms with E-state index in [1.165, 1.54) is 43.2 Å². The van der Waals surface area contributed by atoms with Crippen LogP contribution in [0.25, 0.3) is 17.1 Å². The summed E-state index contributed by atoms with van der Waals surface area (Å²) in [7, 11) is 0. The number of para-hydroxylation sites is 1. The van der Waals surface area contributed by atoms with E-state index in [1.807, 2.05) is 41.8 Å². The summed E-state index contributed by atoms with van der Waals surface area (Å²) in [6, 6.07) is 16.2. The van der Waals surface area contributed by atoms with E-state index < -0.39 is 0 Å². The van der Waals surface area contributed by atoms with Crippen molar-refractivity contribution in [2.24, 2.45) is 0 Å². The summed E-state index contributed by atoms with van der Waals surface area (Å²) in [5, 5.41) is 12.2. The van der Waals surface area contributed by atoms with Gasteiger partial charge >= 0.3 is 0 Å². The monoisotopic (exact) mass is 424 g/mol. The number of carbonyl (C=O) groups is 1. The number of benzene rings is 2. The molecular formula is C23H25FN4OS. The van der Waals surface area contributed by atoms with Crippen molar-refractivity contribution < 1.29 is 9.18 Å². The molecule has 156 valence electrons. The van der Waals surface area contributed by atoms with Gasteiger partial charge in [-0.2, -0.15) is 0 Å². The summed E-state index contributed by atoms with van der Waals surface area (Å²) in [6.45, 7) is 1.89. The number of hydrogen-bond acceptors (Lipinski definition) is 4. The van der Waals surface area contributed by atoms with Gasteiger partial charge in [0.05, 0.1) is 5.25 Å². The van der Waals surface area contributed by atoms with E-state index in [0.717, 1.165) is 24.1 Å². The highest BCUT2D eigenvalue weighted by Gasteiger charge is 2.24. The maximum atomic E-state index is 13.4. The zero-order valence-corrected chi connectivity index (χ0v) is 17.7. The molecule has 0 spiro atoms. The van der Waals surface area contributed by atoms with E-state index in [2.05, 4.69) is 15.5 Å². The molecule has 7 heteroatoms. The van der Waals surface area contributed by atoms with Crippen LogP contribution < -0.4 is 5.32 Å². The minimum Gasteiger partial charge on any atom is -0.352 e. The molecule has 5 nitrogen and oxygen atoms in total. The first kappa shape index (κ1) is 20.6. The first-order valence-corrected chi connectivity index (χ1v) is 11.2. The molecule has 0 bridgehead atoms. The molecule has 1 amide bonds. The van der Waals surface area contributed by atoms with Crippen LogP contribution in [0.3, 0.4) is 0 Å². The Bertz CT molecular complexity index is 984. The van der Waals surface area contributed by atoms with Gasteiger partial charge in [0.15, 0.2) is 11.0 Å². The normalized spacial score (nSPS) is 15.7. The van der Waals surface area contributed by atoms with Crippen molar-refractivity contribution in [1.29, 1.82) is 0 Å². The molecule has 1 saturated carbocycles. The van der Waals surface area contributed by atoms with E-state index in [9.17, 15) is 9.18 Å². The van der Waals surface area contributed by atoms with Gasteiger partial charge in [-0.15, -0.1) is 10.2 Å². The summed E-state index contributed by atoms with van der Waals surface area (Å²) in [5.74, 6) is 0.341. The van der Waals surface area contributed by atoms with Crippen molar-refractivity contribution in [2.75, 3.05) is 0 Å². The number of hydrogen-bond donors (Lipinski definition) is 1. The summed E-state index contributed by atoms with van der Waals surface area (Å²) in [4.78, 5) is 12.7. The lowest BCUT2D eigenvalue weighted by Crippen LogP contribution is -2.40. The van der Waals surface area contributed by atoms with E-state index in [4.69, 9.17) is 0 Å². The van der Waals surface area contributed by atoms with E-state index in [-0.39, 0.29) is 23.0 Å². The topological polar surface area (TPSA) is 59.8 Å². The Morgan fingerprint density at radius 3 is 2.47 bits per heavy atom. The van der Waals surface area contributed by atoms with Crippen LogP contribution in [0.1, 0.15) is 39.0 Å². The molecule has 0 saturated heterocycles. The number of aromatic nitrogens is 3. The second-order valence-corrected chi connectivity index (χ2v) is 8.90. The predicted molar refractivity (Wildman–Crippen MR) is 117 cm³/mol. The van der Waals surface area contributed by atoms with Crippen LogP contribution in [0, 0.1) is 5.82 Å². The first-order valence-electron chi connectivity index (χ1n) is 10.4. The highest BCUT2D eigenvalue weighted by atomic mass is 32.2. The van der Waals surface area contributed by atoms with Gasteiger partial charge < -0.3 is 5.32 Å².